The first-order valence-corrected chi connectivity index (χ1v) is 10.1. The van der Waals surface area contributed by atoms with Gasteiger partial charge in [-0.1, -0.05) is 37.5 Å². The van der Waals surface area contributed by atoms with Crippen molar-refractivity contribution in [2.75, 3.05) is 0 Å². The zero-order valence-electron chi connectivity index (χ0n) is 20.7. The van der Waals surface area contributed by atoms with Gasteiger partial charge in [0.25, 0.3) is 0 Å². The van der Waals surface area contributed by atoms with E-state index in [4.69, 9.17) is 16.5 Å². The van der Waals surface area contributed by atoms with Gasteiger partial charge in [-0.2, -0.15) is 0 Å². The maximum atomic E-state index is 9.17. The van der Waals surface area contributed by atoms with E-state index in [2.05, 4.69) is 4.85 Å². The SMILES string of the molecule is [2H]c1c(C2([2H])CCCCC2)c([2H])c(-c2c(C)ccc3c2oc2ccc([N+]#[C-])cc23)[n+](C)c1[2H]. The molecule has 4 aromatic rings. The smallest absolute Gasteiger partial charge is 0.216 e. The Hall–Kier alpha value is -3.12. The summed E-state index contributed by atoms with van der Waals surface area (Å²) in [6.45, 7) is 9.29. The summed E-state index contributed by atoms with van der Waals surface area (Å²) in [6, 6.07) is 9.36. The Balaban J connectivity index is 1.87. The molecule has 0 aliphatic heterocycles. The Bertz CT molecular complexity index is 1480. The van der Waals surface area contributed by atoms with Crippen molar-refractivity contribution in [3.8, 4) is 11.3 Å². The first-order valence-electron chi connectivity index (χ1n) is 12.1. The molecule has 2 heterocycles. The van der Waals surface area contributed by atoms with E-state index in [0.717, 1.165) is 35.6 Å². The molecule has 1 aliphatic carbocycles. The molecule has 1 aliphatic rings. The average molecular weight is 386 g/mol. The van der Waals surface area contributed by atoms with Crippen LogP contribution in [0.2, 0.25) is 0 Å². The lowest BCUT2D eigenvalue weighted by atomic mass is 9.84. The number of aromatic nitrogens is 1. The molecule has 0 radical (unpaired) electrons. The van der Waals surface area contributed by atoms with E-state index in [1.165, 1.54) is 0 Å². The van der Waals surface area contributed by atoms with Crippen LogP contribution in [-0.4, -0.2) is 0 Å². The number of benzene rings is 2. The van der Waals surface area contributed by atoms with E-state index in [1.807, 2.05) is 25.1 Å². The van der Waals surface area contributed by atoms with Crippen LogP contribution < -0.4 is 4.57 Å². The molecular formula is C26H25N2O+. The second kappa shape index (κ2) is 7.04. The molecule has 2 aromatic heterocycles. The third-order valence-corrected chi connectivity index (χ3v) is 5.94. The van der Waals surface area contributed by atoms with Gasteiger partial charge in [0, 0.05) is 24.2 Å². The Morgan fingerprint density at radius 1 is 1.17 bits per heavy atom. The highest BCUT2D eigenvalue weighted by Gasteiger charge is 2.23. The molecule has 2 aromatic carbocycles. The maximum Gasteiger partial charge on any atom is 0.216 e. The maximum absolute atomic E-state index is 9.17. The summed E-state index contributed by atoms with van der Waals surface area (Å²) in [5.41, 5.74) is 4.23. The Morgan fingerprint density at radius 3 is 2.79 bits per heavy atom. The number of furan rings is 1. The number of aryl methyl sites for hydroxylation is 1. The van der Waals surface area contributed by atoms with E-state index in [0.29, 0.717) is 46.5 Å². The topological polar surface area (TPSA) is 21.4 Å². The van der Waals surface area contributed by atoms with Crippen LogP contribution in [0.15, 0.2) is 53.0 Å². The number of nitrogens with zero attached hydrogens (tertiary/aromatic N) is 2. The molecule has 144 valence electrons. The van der Waals surface area contributed by atoms with Crippen LogP contribution in [0.3, 0.4) is 0 Å². The third kappa shape index (κ3) is 3.00. The van der Waals surface area contributed by atoms with Gasteiger partial charge >= 0.3 is 0 Å². The fraction of sp³-hybridized carbons (Fsp3) is 0.308. The lowest BCUT2D eigenvalue weighted by Crippen LogP contribution is -2.31. The molecule has 3 heteroatoms. The van der Waals surface area contributed by atoms with Crippen molar-refractivity contribution >= 4 is 27.6 Å². The van der Waals surface area contributed by atoms with Crippen molar-refractivity contribution in [3.63, 3.8) is 0 Å². The van der Waals surface area contributed by atoms with Crippen LogP contribution in [0.4, 0.5) is 5.69 Å². The predicted octanol–water partition coefficient (Wildman–Crippen LogP) is 6.98. The number of hydrogen-bond acceptors (Lipinski definition) is 1. The van der Waals surface area contributed by atoms with Gasteiger partial charge < -0.3 is 4.42 Å². The summed E-state index contributed by atoms with van der Waals surface area (Å²) in [4.78, 5) is 3.53. The van der Waals surface area contributed by atoms with Gasteiger partial charge in [0.05, 0.1) is 14.9 Å². The van der Waals surface area contributed by atoms with Crippen molar-refractivity contribution in [1.82, 2.24) is 0 Å². The highest BCUT2D eigenvalue weighted by Crippen LogP contribution is 2.39. The van der Waals surface area contributed by atoms with Crippen LogP contribution in [0.5, 0.6) is 0 Å². The van der Waals surface area contributed by atoms with E-state index < -0.39 is 5.89 Å². The van der Waals surface area contributed by atoms with Crippen LogP contribution in [0, 0.1) is 13.5 Å². The van der Waals surface area contributed by atoms with Crippen LogP contribution in [0.25, 0.3) is 38.0 Å². The lowest BCUT2D eigenvalue weighted by Gasteiger charge is -2.21. The zero-order chi connectivity index (χ0) is 23.5. The quantitative estimate of drug-likeness (QED) is 0.269. The fourth-order valence-electron chi connectivity index (χ4n) is 4.36. The van der Waals surface area contributed by atoms with E-state index in [1.54, 1.807) is 23.7 Å². The normalized spacial score (nSPS) is 18.1. The molecule has 0 N–H and O–H groups in total. The predicted molar refractivity (Wildman–Crippen MR) is 117 cm³/mol. The molecular weight excluding hydrogens is 356 g/mol. The summed E-state index contributed by atoms with van der Waals surface area (Å²) in [5, 5.41) is 1.68. The average Bonchev–Trinajstić information content (AvgIpc) is 3.17. The summed E-state index contributed by atoms with van der Waals surface area (Å²) < 4.78 is 43.4. The third-order valence-electron chi connectivity index (χ3n) is 5.94. The van der Waals surface area contributed by atoms with Crippen molar-refractivity contribution in [1.29, 1.82) is 0 Å². The van der Waals surface area contributed by atoms with Gasteiger partial charge in [-0.15, -0.1) is 0 Å². The van der Waals surface area contributed by atoms with Crippen LogP contribution >= 0.6 is 0 Å². The van der Waals surface area contributed by atoms with Crippen LogP contribution in [-0.2, 0) is 7.05 Å². The minimum Gasteiger partial charge on any atom is -0.455 e. The molecule has 0 bridgehead atoms. The first-order chi connectivity index (χ1) is 15.8. The van der Waals surface area contributed by atoms with Crippen LogP contribution in [0.1, 0.15) is 54.6 Å². The standard InChI is InChI=1S/C26H25N2O/c1-17-9-11-21-22-16-20(27-2)10-12-24(22)29-26(21)25(17)23-15-19(13-14-28(23)3)18-7-5-4-6-8-18/h9-16,18H,4-8H2,1,3H3/q+1/i13D,14D,15D,18D. The van der Waals surface area contributed by atoms with Gasteiger partial charge in [0.2, 0.25) is 5.69 Å². The largest absolute Gasteiger partial charge is 0.455 e. The second-order valence-corrected chi connectivity index (χ2v) is 7.84. The summed E-state index contributed by atoms with van der Waals surface area (Å²) >= 11 is 0. The fourth-order valence-corrected chi connectivity index (χ4v) is 4.36. The van der Waals surface area contributed by atoms with Gasteiger partial charge in [0.15, 0.2) is 11.9 Å². The highest BCUT2D eigenvalue weighted by atomic mass is 16.3. The lowest BCUT2D eigenvalue weighted by molar-refractivity contribution is -0.660. The molecule has 29 heavy (non-hydrogen) atoms. The Kier molecular flexibility index (Phi) is 3.39. The Morgan fingerprint density at radius 2 is 2.00 bits per heavy atom. The molecule has 0 unspecified atom stereocenters. The zero-order valence-corrected chi connectivity index (χ0v) is 16.7. The van der Waals surface area contributed by atoms with Crippen molar-refractivity contribution in [2.45, 2.75) is 44.9 Å². The van der Waals surface area contributed by atoms with Gasteiger partial charge in [-0.3, -0.25) is 0 Å². The van der Waals surface area contributed by atoms with Crippen molar-refractivity contribution < 1.29 is 14.5 Å². The number of rotatable bonds is 2. The number of hydrogen-bond donors (Lipinski definition) is 0. The summed E-state index contributed by atoms with van der Waals surface area (Å²) in [7, 11) is 1.70. The molecule has 3 nitrogen and oxygen atoms in total. The molecule has 1 fully saturated rings. The van der Waals surface area contributed by atoms with Gasteiger partial charge in [0.1, 0.15) is 19.6 Å². The first kappa shape index (κ1) is 14.0. The summed E-state index contributed by atoms with van der Waals surface area (Å²) in [6.07, 6.45) is 4.05. The van der Waals surface area contributed by atoms with Crippen molar-refractivity contribution in [3.05, 3.63) is 71.1 Å². The number of pyridine rings is 1. The minimum atomic E-state index is -1.02. The van der Waals surface area contributed by atoms with Crippen molar-refractivity contribution in [2.24, 2.45) is 7.05 Å². The second-order valence-electron chi connectivity index (χ2n) is 7.84. The van der Waals surface area contributed by atoms with E-state index >= 15 is 0 Å². The monoisotopic (exact) mass is 385 g/mol. The van der Waals surface area contributed by atoms with Gasteiger partial charge in [-0.05, 0) is 48.9 Å². The molecule has 0 atom stereocenters. The molecule has 0 amide bonds. The van der Waals surface area contributed by atoms with Gasteiger partial charge in [-0.25, -0.2) is 9.41 Å². The molecule has 0 spiro atoms. The molecule has 1 saturated carbocycles. The summed E-state index contributed by atoms with van der Waals surface area (Å²) in [5.74, 6) is -1.02. The highest BCUT2D eigenvalue weighted by molar-refractivity contribution is 6.10. The minimum absolute atomic E-state index is 0.00370. The molecule has 5 rings (SSSR count). The van der Waals surface area contributed by atoms with E-state index in [-0.39, 0.29) is 18.3 Å². The van der Waals surface area contributed by atoms with E-state index in [9.17, 15) is 0 Å². The Labute approximate surface area is 177 Å². The number of fused-ring (bicyclic) bond motifs is 3. The molecule has 0 saturated heterocycles.